The van der Waals surface area contributed by atoms with Crippen LogP contribution in [0.5, 0.6) is 17.2 Å². The molecular weight excluding hydrogens is 374 g/mol. The first kappa shape index (κ1) is 20.4. The van der Waals surface area contributed by atoms with Crippen molar-refractivity contribution in [3.05, 3.63) is 53.1 Å². The van der Waals surface area contributed by atoms with E-state index in [9.17, 15) is 9.59 Å². The molecule has 7 nitrogen and oxygen atoms in total. The van der Waals surface area contributed by atoms with Gasteiger partial charge in [-0.15, -0.1) is 0 Å². The van der Waals surface area contributed by atoms with Gasteiger partial charge in [-0.25, -0.2) is 4.79 Å². The van der Waals surface area contributed by atoms with Gasteiger partial charge in [-0.2, -0.15) is 0 Å². The Morgan fingerprint density at radius 2 is 1.63 bits per heavy atom. The lowest BCUT2D eigenvalue weighted by molar-refractivity contribution is -0.124. The number of esters is 1. The van der Waals surface area contributed by atoms with Crippen molar-refractivity contribution in [2.45, 2.75) is 0 Å². The lowest BCUT2D eigenvalue weighted by atomic mass is 10.2. The van der Waals surface area contributed by atoms with E-state index in [2.05, 4.69) is 5.32 Å². The molecule has 1 amide bonds. The predicted molar refractivity (Wildman–Crippen MR) is 99.8 cm³/mol. The Hall–Kier alpha value is -2.93. The molecule has 144 valence electrons. The quantitative estimate of drug-likeness (QED) is 0.521. The number of halogens is 1. The predicted octanol–water partition coefficient (Wildman–Crippen LogP) is 2.71. The smallest absolute Gasteiger partial charge is 0.346 e. The second-order valence-corrected chi connectivity index (χ2v) is 5.70. The molecular formula is C19H20ClNO6. The van der Waals surface area contributed by atoms with Crippen LogP contribution in [-0.4, -0.2) is 45.9 Å². The van der Waals surface area contributed by atoms with E-state index in [1.165, 1.54) is 14.2 Å². The summed E-state index contributed by atoms with van der Waals surface area (Å²) in [5, 5.41) is 3.21. The number of nitrogens with one attached hydrogen (secondary N) is 1. The summed E-state index contributed by atoms with van der Waals surface area (Å²) >= 11 is 5.79. The zero-order valence-electron chi connectivity index (χ0n) is 15.0. The third-order valence-electron chi connectivity index (χ3n) is 3.47. The van der Waals surface area contributed by atoms with Crippen molar-refractivity contribution in [3.8, 4) is 17.2 Å². The van der Waals surface area contributed by atoms with Gasteiger partial charge in [0, 0.05) is 5.02 Å². The molecule has 1 N–H and O–H groups in total. The van der Waals surface area contributed by atoms with Crippen LogP contribution in [0, 0.1) is 0 Å². The molecule has 0 aliphatic heterocycles. The number of methoxy groups -OCH3 is 2. The summed E-state index contributed by atoms with van der Waals surface area (Å²) in [6.45, 7) is 0.0968. The lowest BCUT2D eigenvalue weighted by Crippen LogP contribution is -2.32. The van der Waals surface area contributed by atoms with Gasteiger partial charge in [0.05, 0.1) is 20.8 Å². The van der Waals surface area contributed by atoms with Crippen LogP contribution >= 0.6 is 11.6 Å². The zero-order chi connectivity index (χ0) is 19.6. The summed E-state index contributed by atoms with van der Waals surface area (Å²) in [5.74, 6) is 0.0874. The van der Waals surface area contributed by atoms with Gasteiger partial charge in [0.1, 0.15) is 29.4 Å². The fourth-order valence-electron chi connectivity index (χ4n) is 2.20. The Bertz CT molecular complexity index is 756. The molecule has 2 rings (SSSR count). The van der Waals surface area contributed by atoms with E-state index in [1.807, 2.05) is 0 Å². The number of amides is 1. The summed E-state index contributed by atoms with van der Waals surface area (Å²) < 4.78 is 20.8. The summed E-state index contributed by atoms with van der Waals surface area (Å²) in [6, 6.07) is 11.8. The van der Waals surface area contributed by atoms with Crippen molar-refractivity contribution >= 4 is 23.5 Å². The van der Waals surface area contributed by atoms with Crippen LogP contribution in [0.3, 0.4) is 0 Å². The minimum Gasteiger partial charge on any atom is -0.496 e. The van der Waals surface area contributed by atoms with Crippen molar-refractivity contribution in [1.29, 1.82) is 0 Å². The van der Waals surface area contributed by atoms with Gasteiger partial charge in [-0.05, 0) is 36.4 Å². The molecule has 0 spiro atoms. The Labute approximate surface area is 162 Å². The molecule has 2 aromatic rings. The first-order valence-corrected chi connectivity index (χ1v) is 8.46. The van der Waals surface area contributed by atoms with E-state index in [-0.39, 0.29) is 18.7 Å². The van der Waals surface area contributed by atoms with Gasteiger partial charge in [0.25, 0.3) is 5.91 Å². The summed E-state index contributed by atoms with van der Waals surface area (Å²) in [4.78, 5) is 24.1. The van der Waals surface area contributed by atoms with Crippen LogP contribution in [0.4, 0.5) is 0 Å². The van der Waals surface area contributed by atoms with Crippen LogP contribution in [0.2, 0.25) is 5.02 Å². The minimum absolute atomic E-state index is 0.126. The largest absolute Gasteiger partial charge is 0.496 e. The molecule has 0 unspecified atom stereocenters. The van der Waals surface area contributed by atoms with Gasteiger partial charge in [0.2, 0.25) is 0 Å². The van der Waals surface area contributed by atoms with Crippen LogP contribution in [0.15, 0.2) is 42.5 Å². The van der Waals surface area contributed by atoms with E-state index in [1.54, 1.807) is 42.5 Å². The number of hydrogen-bond donors (Lipinski definition) is 1. The zero-order valence-corrected chi connectivity index (χ0v) is 15.7. The van der Waals surface area contributed by atoms with Gasteiger partial charge in [0.15, 0.2) is 6.61 Å². The standard InChI is InChI=1S/C19H20ClNO6/c1-24-15-4-3-5-16(25-2)18(15)19(23)27-12-17(22)21-10-11-26-14-8-6-13(20)7-9-14/h3-9H,10-12H2,1-2H3,(H,21,22). The lowest BCUT2D eigenvalue weighted by Gasteiger charge is -2.12. The highest BCUT2D eigenvalue weighted by Crippen LogP contribution is 2.28. The monoisotopic (exact) mass is 393 g/mol. The molecule has 8 heteroatoms. The Morgan fingerprint density at radius 1 is 1.00 bits per heavy atom. The Kier molecular flexibility index (Phi) is 7.76. The van der Waals surface area contributed by atoms with Gasteiger partial charge < -0.3 is 24.3 Å². The van der Waals surface area contributed by atoms with Crippen LogP contribution in [-0.2, 0) is 9.53 Å². The highest BCUT2D eigenvalue weighted by Gasteiger charge is 2.20. The average Bonchev–Trinajstić information content (AvgIpc) is 2.70. The van der Waals surface area contributed by atoms with Gasteiger partial charge in [-0.1, -0.05) is 17.7 Å². The highest BCUT2D eigenvalue weighted by molar-refractivity contribution is 6.30. The fourth-order valence-corrected chi connectivity index (χ4v) is 2.32. The molecule has 0 saturated heterocycles. The molecule has 0 aromatic heterocycles. The van der Waals surface area contributed by atoms with Crippen molar-refractivity contribution in [3.63, 3.8) is 0 Å². The molecule has 0 fully saturated rings. The molecule has 0 aliphatic carbocycles. The number of ether oxygens (including phenoxy) is 4. The molecule has 0 aliphatic rings. The minimum atomic E-state index is -0.711. The third kappa shape index (κ3) is 6.07. The maximum absolute atomic E-state index is 12.3. The normalized spacial score (nSPS) is 10.0. The maximum atomic E-state index is 12.3. The first-order valence-electron chi connectivity index (χ1n) is 8.08. The van der Waals surface area contributed by atoms with Gasteiger partial charge in [-0.3, -0.25) is 4.79 Å². The molecule has 0 radical (unpaired) electrons. The van der Waals surface area contributed by atoms with E-state index in [4.69, 9.17) is 30.5 Å². The highest BCUT2D eigenvalue weighted by atomic mass is 35.5. The van der Waals surface area contributed by atoms with Crippen LogP contribution in [0.1, 0.15) is 10.4 Å². The summed E-state index contributed by atoms with van der Waals surface area (Å²) in [5.41, 5.74) is 0.126. The maximum Gasteiger partial charge on any atom is 0.346 e. The number of carbonyl (C=O) groups is 2. The molecule has 0 bridgehead atoms. The van der Waals surface area contributed by atoms with Crippen molar-refractivity contribution in [2.24, 2.45) is 0 Å². The van der Waals surface area contributed by atoms with E-state index < -0.39 is 18.5 Å². The van der Waals surface area contributed by atoms with Crippen LogP contribution in [0.25, 0.3) is 0 Å². The SMILES string of the molecule is COc1cccc(OC)c1C(=O)OCC(=O)NCCOc1ccc(Cl)cc1. The fraction of sp³-hybridized carbons (Fsp3) is 0.263. The summed E-state index contributed by atoms with van der Waals surface area (Å²) in [6.07, 6.45) is 0. The second kappa shape index (κ2) is 10.3. The van der Waals surface area contributed by atoms with Crippen molar-refractivity contribution in [1.82, 2.24) is 5.32 Å². The third-order valence-corrected chi connectivity index (χ3v) is 3.72. The Morgan fingerprint density at radius 3 is 2.22 bits per heavy atom. The average molecular weight is 394 g/mol. The molecule has 0 atom stereocenters. The van der Waals surface area contributed by atoms with E-state index in [0.29, 0.717) is 22.3 Å². The van der Waals surface area contributed by atoms with Crippen LogP contribution < -0.4 is 19.5 Å². The Balaban J connectivity index is 1.77. The molecule has 0 saturated carbocycles. The number of hydrogen-bond acceptors (Lipinski definition) is 6. The van der Waals surface area contributed by atoms with E-state index >= 15 is 0 Å². The number of benzene rings is 2. The number of carbonyl (C=O) groups excluding carboxylic acids is 2. The van der Waals surface area contributed by atoms with Gasteiger partial charge >= 0.3 is 5.97 Å². The number of rotatable bonds is 9. The van der Waals surface area contributed by atoms with E-state index in [0.717, 1.165) is 0 Å². The second-order valence-electron chi connectivity index (χ2n) is 5.27. The molecule has 27 heavy (non-hydrogen) atoms. The van der Waals surface area contributed by atoms with Crippen molar-refractivity contribution in [2.75, 3.05) is 34.0 Å². The molecule has 0 heterocycles. The topological polar surface area (TPSA) is 83.1 Å². The summed E-state index contributed by atoms with van der Waals surface area (Å²) in [7, 11) is 2.86. The van der Waals surface area contributed by atoms with Crippen molar-refractivity contribution < 1.29 is 28.5 Å². The first-order chi connectivity index (χ1) is 13.0. The molecule has 2 aromatic carbocycles.